The van der Waals surface area contributed by atoms with E-state index in [2.05, 4.69) is 21.5 Å². The summed E-state index contributed by atoms with van der Waals surface area (Å²) in [7, 11) is 0. The molecular weight excluding hydrogens is 432 g/mol. The Kier molecular flexibility index (Phi) is 6.58. The third-order valence-electron chi connectivity index (χ3n) is 5.65. The number of carbonyl (C=O) groups is 1. The van der Waals surface area contributed by atoms with Crippen LogP contribution in [0.2, 0.25) is 0 Å². The number of aromatic nitrogens is 2. The summed E-state index contributed by atoms with van der Waals surface area (Å²) in [5.74, 6) is 0.850. The summed E-state index contributed by atoms with van der Waals surface area (Å²) >= 11 is 0. The van der Waals surface area contributed by atoms with Crippen molar-refractivity contribution in [3.05, 3.63) is 52.9 Å². The number of benzene rings is 1. The van der Waals surface area contributed by atoms with Crippen molar-refractivity contribution in [3.8, 4) is 17.5 Å². The molecule has 1 unspecified atom stereocenters. The lowest BCUT2D eigenvalue weighted by Crippen LogP contribution is -2.34. The van der Waals surface area contributed by atoms with Crippen molar-refractivity contribution in [2.24, 2.45) is 0 Å². The van der Waals surface area contributed by atoms with E-state index in [1.165, 1.54) is 0 Å². The van der Waals surface area contributed by atoms with Crippen LogP contribution in [0.1, 0.15) is 70.5 Å². The first-order valence-corrected chi connectivity index (χ1v) is 11.6. The summed E-state index contributed by atoms with van der Waals surface area (Å²) in [6.45, 7) is 9.42. The number of rotatable bonds is 5. The van der Waals surface area contributed by atoms with Crippen molar-refractivity contribution in [1.82, 2.24) is 15.5 Å². The van der Waals surface area contributed by atoms with E-state index in [4.69, 9.17) is 14.0 Å². The van der Waals surface area contributed by atoms with Crippen molar-refractivity contribution in [1.29, 1.82) is 5.26 Å². The summed E-state index contributed by atoms with van der Waals surface area (Å²) in [5, 5.41) is 16.7. The number of amides is 1. The number of nitrogens with zero attached hydrogens (tertiary/aromatic N) is 3. The molecule has 2 aliphatic rings. The molecule has 0 bridgehead atoms. The van der Waals surface area contributed by atoms with Crippen LogP contribution in [0, 0.1) is 11.3 Å². The highest BCUT2D eigenvalue weighted by molar-refractivity contribution is 5.74. The fourth-order valence-electron chi connectivity index (χ4n) is 4.30. The molecule has 2 aliphatic carbocycles. The molecule has 8 nitrogen and oxygen atoms in total. The number of fused-ring (bicyclic) bond motifs is 1. The second kappa shape index (κ2) is 9.43. The molecule has 0 saturated heterocycles. The Morgan fingerprint density at radius 1 is 1.32 bits per heavy atom. The smallest absolute Gasteiger partial charge is 0.408 e. The van der Waals surface area contributed by atoms with Crippen LogP contribution in [0.3, 0.4) is 0 Å². The van der Waals surface area contributed by atoms with E-state index < -0.39 is 11.7 Å². The third kappa shape index (κ3) is 5.20. The van der Waals surface area contributed by atoms with Crippen LogP contribution < -0.4 is 5.32 Å². The lowest BCUT2D eigenvalue weighted by atomic mass is 9.97. The van der Waals surface area contributed by atoms with Crippen LogP contribution in [0.25, 0.3) is 17.0 Å². The van der Waals surface area contributed by atoms with Gasteiger partial charge in [0.15, 0.2) is 0 Å². The Bertz CT molecular complexity index is 1180. The van der Waals surface area contributed by atoms with Gasteiger partial charge in [0.2, 0.25) is 5.82 Å². The largest absolute Gasteiger partial charge is 0.444 e. The second-order valence-corrected chi connectivity index (χ2v) is 9.81. The summed E-state index contributed by atoms with van der Waals surface area (Å²) in [6, 6.07) is 8.00. The number of carbonyl (C=O) groups excluding carboxylic acids is 1. The third-order valence-corrected chi connectivity index (χ3v) is 5.65. The first-order chi connectivity index (χ1) is 16.1. The van der Waals surface area contributed by atoms with Gasteiger partial charge in [0.25, 0.3) is 5.89 Å². The monoisotopic (exact) mass is 462 g/mol. The van der Waals surface area contributed by atoms with Crippen LogP contribution in [0.15, 0.2) is 40.4 Å². The fourth-order valence-corrected chi connectivity index (χ4v) is 4.30. The summed E-state index contributed by atoms with van der Waals surface area (Å²) in [6.07, 6.45) is 5.18. The van der Waals surface area contributed by atoms with Crippen LogP contribution in [0.4, 0.5) is 4.79 Å². The highest BCUT2D eigenvalue weighted by Crippen LogP contribution is 2.37. The molecule has 34 heavy (non-hydrogen) atoms. The predicted octanol–water partition coefficient (Wildman–Crippen LogP) is 5.28. The molecule has 1 aromatic heterocycles. The number of allylic oxidation sites excluding steroid dienone is 2. The first kappa shape index (κ1) is 23.7. The van der Waals surface area contributed by atoms with E-state index >= 15 is 0 Å². The van der Waals surface area contributed by atoms with Crippen molar-refractivity contribution < 1.29 is 18.8 Å². The number of nitriles is 1. The molecule has 4 rings (SSSR count). The molecule has 0 aliphatic heterocycles. The molecule has 1 amide bonds. The van der Waals surface area contributed by atoms with Gasteiger partial charge in [-0.05, 0) is 71.1 Å². The van der Waals surface area contributed by atoms with Gasteiger partial charge >= 0.3 is 6.09 Å². The molecule has 0 fully saturated rings. The molecule has 178 valence electrons. The van der Waals surface area contributed by atoms with Gasteiger partial charge in [-0.3, -0.25) is 0 Å². The van der Waals surface area contributed by atoms with Gasteiger partial charge in [0, 0.05) is 11.1 Å². The topological polar surface area (TPSA) is 110 Å². The maximum atomic E-state index is 12.3. The summed E-state index contributed by atoms with van der Waals surface area (Å²) in [5.41, 5.74) is 3.71. The molecule has 2 aromatic rings. The number of ether oxygens (including phenoxy) is 2. The average Bonchev–Trinajstić information content (AvgIpc) is 3.40. The maximum Gasteiger partial charge on any atom is 0.408 e. The maximum absolute atomic E-state index is 12.3. The fraction of sp³-hybridized carbons (Fsp3) is 0.462. The van der Waals surface area contributed by atoms with E-state index in [0.717, 1.165) is 35.1 Å². The Morgan fingerprint density at radius 3 is 2.82 bits per heavy atom. The van der Waals surface area contributed by atoms with E-state index in [9.17, 15) is 10.1 Å². The SMILES string of the molecule is CC(C)OC1CC=C(c2nc(-c3cccc4c3CC[C@H]4NC(=O)OC(C)(C)C)no2)C=C1C#N. The highest BCUT2D eigenvalue weighted by atomic mass is 16.6. The lowest BCUT2D eigenvalue weighted by molar-refractivity contribution is 0.0327. The van der Waals surface area contributed by atoms with Gasteiger partial charge in [0.05, 0.1) is 29.9 Å². The Hall–Kier alpha value is -3.44. The van der Waals surface area contributed by atoms with Gasteiger partial charge in [-0.25, -0.2) is 4.79 Å². The lowest BCUT2D eigenvalue weighted by Gasteiger charge is -2.22. The van der Waals surface area contributed by atoms with Crippen molar-refractivity contribution in [2.45, 2.75) is 77.7 Å². The standard InChI is InChI=1S/C26H30N4O4/c1-15(2)32-22-12-9-16(13-17(22)14-27)24-29-23(30-34-24)20-8-6-7-19-18(20)10-11-21(19)28-25(31)33-26(3,4)5/h6-9,13,15,21-22H,10-12H2,1-5H3,(H,28,31)/t21-,22?/m1/s1. The van der Waals surface area contributed by atoms with Crippen molar-refractivity contribution in [2.75, 3.05) is 0 Å². The normalized spacial score (nSPS) is 19.8. The van der Waals surface area contributed by atoms with Crippen molar-refractivity contribution >= 4 is 11.7 Å². The Balaban J connectivity index is 1.54. The number of hydrogen-bond acceptors (Lipinski definition) is 7. The first-order valence-electron chi connectivity index (χ1n) is 11.6. The van der Waals surface area contributed by atoms with E-state index in [1.807, 2.05) is 58.9 Å². The quantitative estimate of drug-likeness (QED) is 0.643. The zero-order valence-electron chi connectivity index (χ0n) is 20.2. The van der Waals surface area contributed by atoms with Gasteiger partial charge in [0.1, 0.15) is 5.60 Å². The molecule has 1 heterocycles. The highest BCUT2D eigenvalue weighted by Gasteiger charge is 2.29. The van der Waals surface area contributed by atoms with E-state index in [1.54, 1.807) is 6.08 Å². The minimum atomic E-state index is -0.553. The van der Waals surface area contributed by atoms with Gasteiger partial charge in [-0.2, -0.15) is 10.2 Å². The van der Waals surface area contributed by atoms with Gasteiger partial charge < -0.3 is 19.3 Å². The Labute approximate surface area is 199 Å². The van der Waals surface area contributed by atoms with Crippen LogP contribution in [-0.4, -0.2) is 34.0 Å². The molecule has 2 atom stereocenters. The van der Waals surface area contributed by atoms with Crippen molar-refractivity contribution in [3.63, 3.8) is 0 Å². The van der Waals surface area contributed by atoms with E-state index in [-0.39, 0.29) is 18.2 Å². The average molecular weight is 463 g/mol. The Morgan fingerprint density at radius 2 is 2.12 bits per heavy atom. The zero-order chi connectivity index (χ0) is 24.5. The molecule has 1 N–H and O–H groups in total. The molecule has 8 heteroatoms. The number of alkyl carbamates (subject to hydrolysis) is 1. The van der Waals surface area contributed by atoms with Crippen LogP contribution >= 0.6 is 0 Å². The molecule has 1 aromatic carbocycles. The number of nitrogens with one attached hydrogen (secondary N) is 1. The van der Waals surface area contributed by atoms with Gasteiger partial charge in [-0.15, -0.1) is 0 Å². The molecular formula is C26H30N4O4. The number of hydrogen-bond donors (Lipinski definition) is 1. The van der Waals surface area contributed by atoms with E-state index in [0.29, 0.717) is 23.7 Å². The van der Waals surface area contributed by atoms with Crippen LogP contribution in [0.5, 0.6) is 0 Å². The summed E-state index contributed by atoms with van der Waals surface area (Å²) < 4.78 is 16.8. The summed E-state index contributed by atoms with van der Waals surface area (Å²) in [4.78, 5) is 16.9. The minimum Gasteiger partial charge on any atom is -0.444 e. The minimum absolute atomic E-state index is 0.0283. The second-order valence-electron chi connectivity index (χ2n) is 9.81. The molecule has 0 saturated carbocycles. The zero-order valence-corrected chi connectivity index (χ0v) is 20.2. The predicted molar refractivity (Wildman–Crippen MR) is 126 cm³/mol. The van der Waals surface area contributed by atoms with Gasteiger partial charge in [-0.1, -0.05) is 29.4 Å². The molecule has 0 spiro atoms. The molecule has 0 radical (unpaired) electrons. The van der Waals surface area contributed by atoms with Crippen LogP contribution in [-0.2, 0) is 15.9 Å².